The van der Waals surface area contributed by atoms with Gasteiger partial charge in [0.2, 0.25) is 5.78 Å². The third-order valence-electron chi connectivity index (χ3n) is 6.68. The third kappa shape index (κ3) is 3.48. The fourth-order valence-electron chi connectivity index (χ4n) is 4.98. The topological polar surface area (TPSA) is 62.2 Å². The van der Waals surface area contributed by atoms with Crippen molar-refractivity contribution in [3.05, 3.63) is 59.0 Å². The molecule has 1 atom stereocenters. The standard InChI is InChI=1S/C26H26N2O5/c1-27-12-16(20-11-17(30-2)5-7-22(20)27)10-24-25(29)19-6-8-23-21(26(19)33-24)14-28(15-32-23)13-18-4-3-9-31-18/h5-8,10-12,18H,3-4,9,13-15H2,1-2H3/b24-10-. The molecular formula is C26H26N2O5. The zero-order chi connectivity index (χ0) is 22.5. The van der Waals surface area contributed by atoms with Crippen LogP contribution in [-0.4, -0.2) is 48.3 Å². The molecule has 3 aliphatic heterocycles. The molecule has 3 aliphatic rings. The second-order valence-electron chi connectivity index (χ2n) is 8.86. The SMILES string of the molecule is COc1ccc2c(c1)c(/C=C1\Oc3c(ccc4c3CN(CC3CCCO3)CO4)C1=O)cn2C. The molecule has 0 bridgehead atoms. The van der Waals surface area contributed by atoms with E-state index in [1.807, 2.05) is 48.2 Å². The molecule has 2 aromatic carbocycles. The van der Waals surface area contributed by atoms with Gasteiger partial charge in [0.15, 0.2) is 5.76 Å². The van der Waals surface area contributed by atoms with Gasteiger partial charge in [-0.05, 0) is 49.2 Å². The van der Waals surface area contributed by atoms with Crippen LogP contribution < -0.4 is 14.2 Å². The Kier molecular flexibility index (Phi) is 4.89. The number of fused-ring (bicyclic) bond motifs is 4. The maximum atomic E-state index is 13.2. The second-order valence-corrected chi connectivity index (χ2v) is 8.86. The molecule has 0 N–H and O–H groups in total. The number of methoxy groups -OCH3 is 1. The van der Waals surface area contributed by atoms with Crippen molar-refractivity contribution in [2.45, 2.75) is 25.5 Å². The van der Waals surface area contributed by atoms with Crippen molar-refractivity contribution < 1.29 is 23.7 Å². The number of carbonyl (C=O) groups excluding carboxylic acids is 1. The smallest absolute Gasteiger partial charge is 0.231 e. The van der Waals surface area contributed by atoms with Gasteiger partial charge in [-0.1, -0.05) is 0 Å². The highest BCUT2D eigenvalue weighted by Crippen LogP contribution is 2.42. The molecule has 0 saturated carbocycles. The van der Waals surface area contributed by atoms with Crippen molar-refractivity contribution in [2.24, 2.45) is 7.05 Å². The van der Waals surface area contributed by atoms with Gasteiger partial charge in [-0.3, -0.25) is 9.69 Å². The predicted molar refractivity (Wildman–Crippen MR) is 124 cm³/mol. The number of rotatable bonds is 4. The van der Waals surface area contributed by atoms with E-state index in [2.05, 4.69) is 4.90 Å². The lowest BCUT2D eigenvalue weighted by Crippen LogP contribution is -2.37. The van der Waals surface area contributed by atoms with Gasteiger partial charge >= 0.3 is 0 Å². The molecule has 1 unspecified atom stereocenters. The summed E-state index contributed by atoms with van der Waals surface area (Å²) in [6.07, 6.45) is 6.25. The van der Waals surface area contributed by atoms with Crippen LogP contribution >= 0.6 is 0 Å². The summed E-state index contributed by atoms with van der Waals surface area (Å²) < 4.78 is 25.4. The predicted octanol–water partition coefficient (Wildman–Crippen LogP) is 4.13. The van der Waals surface area contributed by atoms with Crippen LogP contribution in [0.5, 0.6) is 17.2 Å². The lowest BCUT2D eigenvalue weighted by molar-refractivity contribution is 0.0274. The van der Waals surface area contributed by atoms with Crippen molar-refractivity contribution in [3.8, 4) is 17.2 Å². The highest BCUT2D eigenvalue weighted by Gasteiger charge is 2.34. The highest BCUT2D eigenvalue weighted by molar-refractivity contribution is 6.15. The Morgan fingerprint density at radius 2 is 2.15 bits per heavy atom. The number of nitrogens with zero attached hydrogens (tertiary/aromatic N) is 2. The zero-order valence-electron chi connectivity index (χ0n) is 18.8. The van der Waals surface area contributed by atoms with Crippen molar-refractivity contribution in [1.29, 1.82) is 0 Å². The van der Waals surface area contributed by atoms with E-state index in [0.717, 1.165) is 59.5 Å². The van der Waals surface area contributed by atoms with E-state index >= 15 is 0 Å². The summed E-state index contributed by atoms with van der Waals surface area (Å²) in [5, 5.41) is 1.00. The van der Waals surface area contributed by atoms with Gasteiger partial charge in [-0.15, -0.1) is 0 Å². The Balaban J connectivity index is 1.32. The summed E-state index contributed by atoms with van der Waals surface area (Å²) >= 11 is 0. The number of hydrogen-bond acceptors (Lipinski definition) is 6. The third-order valence-corrected chi connectivity index (χ3v) is 6.68. The number of aryl methyl sites for hydroxylation is 1. The lowest BCUT2D eigenvalue weighted by atomic mass is 10.0. The van der Waals surface area contributed by atoms with Crippen LogP contribution in [0.4, 0.5) is 0 Å². The van der Waals surface area contributed by atoms with E-state index in [4.69, 9.17) is 18.9 Å². The number of carbonyl (C=O) groups is 1. The molecule has 3 aromatic rings. The summed E-state index contributed by atoms with van der Waals surface area (Å²) in [6.45, 7) is 2.83. The number of hydrogen-bond donors (Lipinski definition) is 0. The van der Waals surface area contributed by atoms with E-state index < -0.39 is 0 Å². The molecule has 0 aliphatic carbocycles. The normalized spacial score (nSPS) is 21.2. The van der Waals surface area contributed by atoms with Crippen molar-refractivity contribution >= 4 is 22.8 Å². The van der Waals surface area contributed by atoms with Gasteiger partial charge in [-0.25, -0.2) is 0 Å². The zero-order valence-corrected chi connectivity index (χ0v) is 18.8. The number of ketones is 1. The second kappa shape index (κ2) is 7.93. The summed E-state index contributed by atoms with van der Waals surface area (Å²) in [6, 6.07) is 9.61. The Labute approximate surface area is 192 Å². The monoisotopic (exact) mass is 446 g/mol. The van der Waals surface area contributed by atoms with Gasteiger partial charge in [-0.2, -0.15) is 0 Å². The number of benzene rings is 2. The molecular weight excluding hydrogens is 420 g/mol. The molecule has 6 rings (SSSR count). The largest absolute Gasteiger partial charge is 0.497 e. The summed E-state index contributed by atoms with van der Waals surface area (Å²) in [7, 11) is 3.63. The first-order valence-electron chi connectivity index (χ1n) is 11.3. The van der Waals surface area contributed by atoms with Crippen molar-refractivity contribution in [3.63, 3.8) is 0 Å². The van der Waals surface area contributed by atoms with Gasteiger partial charge in [0.25, 0.3) is 0 Å². The van der Waals surface area contributed by atoms with Crippen LogP contribution in [0.3, 0.4) is 0 Å². The van der Waals surface area contributed by atoms with E-state index in [1.54, 1.807) is 13.2 Å². The molecule has 0 spiro atoms. The van der Waals surface area contributed by atoms with Crippen molar-refractivity contribution in [1.82, 2.24) is 9.47 Å². The van der Waals surface area contributed by atoms with Gasteiger partial charge < -0.3 is 23.5 Å². The summed E-state index contributed by atoms with van der Waals surface area (Å²) in [5.74, 6) is 2.38. The molecule has 1 aromatic heterocycles. The van der Waals surface area contributed by atoms with Gasteiger partial charge in [0.1, 0.15) is 24.0 Å². The maximum absolute atomic E-state index is 13.2. The first-order valence-corrected chi connectivity index (χ1v) is 11.3. The minimum absolute atomic E-state index is 0.107. The Hall–Kier alpha value is -3.29. The molecule has 0 radical (unpaired) electrons. The maximum Gasteiger partial charge on any atom is 0.231 e. The summed E-state index contributed by atoms with van der Waals surface area (Å²) in [4.78, 5) is 15.4. The van der Waals surface area contributed by atoms with E-state index in [0.29, 0.717) is 30.3 Å². The molecule has 7 heteroatoms. The molecule has 1 fully saturated rings. The van der Waals surface area contributed by atoms with Crippen LogP contribution in [0.1, 0.15) is 34.3 Å². The Morgan fingerprint density at radius 1 is 1.24 bits per heavy atom. The van der Waals surface area contributed by atoms with E-state index in [-0.39, 0.29) is 11.9 Å². The molecule has 7 nitrogen and oxygen atoms in total. The number of ether oxygens (including phenoxy) is 4. The molecule has 1 saturated heterocycles. The minimum Gasteiger partial charge on any atom is -0.497 e. The van der Waals surface area contributed by atoms with Crippen LogP contribution in [0.15, 0.2) is 42.3 Å². The fraction of sp³-hybridized carbons (Fsp3) is 0.346. The van der Waals surface area contributed by atoms with Crippen LogP contribution in [0.2, 0.25) is 0 Å². The number of aromatic nitrogens is 1. The van der Waals surface area contributed by atoms with E-state index in [1.165, 1.54) is 0 Å². The molecule has 0 amide bonds. The quantitative estimate of drug-likeness (QED) is 0.562. The van der Waals surface area contributed by atoms with Gasteiger partial charge in [0, 0.05) is 49.4 Å². The highest BCUT2D eigenvalue weighted by atomic mass is 16.5. The average molecular weight is 447 g/mol. The Bertz CT molecular complexity index is 1290. The molecule has 4 heterocycles. The minimum atomic E-state index is -0.107. The molecule has 170 valence electrons. The Morgan fingerprint density at radius 3 is 2.97 bits per heavy atom. The summed E-state index contributed by atoms with van der Waals surface area (Å²) in [5.41, 5.74) is 3.47. The van der Waals surface area contributed by atoms with E-state index in [9.17, 15) is 4.79 Å². The number of allylic oxidation sites excluding steroid dienone is 1. The first kappa shape index (κ1) is 20.3. The first-order chi connectivity index (χ1) is 16.1. The van der Waals surface area contributed by atoms with Crippen molar-refractivity contribution in [2.75, 3.05) is 27.0 Å². The number of Topliss-reactive ketones (excluding diaryl/α,β-unsaturated/α-hetero) is 1. The van der Waals surface area contributed by atoms with Crippen LogP contribution in [0.25, 0.3) is 17.0 Å². The van der Waals surface area contributed by atoms with Gasteiger partial charge in [0.05, 0.1) is 24.3 Å². The lowest BCUT2D eigenvalue weighted by Gasteiger charge is -2.31. The van der Waals surface area contributed by atoms with Crippen LogP contribution in [0, 0.1) is 0 Å². The van der Waals surface area contributed by atoms with Crippen LogP contribution in [-0.2, 0) is 18.3 Å². The average Bonchev–Trinajstić information content (AvgIpc) is 3.53. The fourth-order valence-corrected chi connectivity index (χ4v) is 4.98. The molecule has 33 heavy (non-hydrogen) atoms.